The molecule has 4 heteroatoms. The lowest BCUT2D eigenvalue weighted by atomic mass is 10.3. The fourth-order valence-electron chi connectivity index (χ4n) is 1.59. The Bertz CT molecular complexity index is 499. The van der Waals surface area contributed by atoms with E-state index in [1.807, 2.05) is 0 Å². The zero-order valence-electron chi connectivity index (χ0n) is 7.55. The van der Waals surface area contributed by atoms with Gasteiger partial charge in [0, 0.05) is 0 Å². The Hall–Kier alpha value is -1.42. The molecule has 0 amide bonds. The first-order valence-corrected chi connectivity index (χ1v) is 4.62. The van der Waals surface area contributed by atoms with Gasteiger partial charge in [0.05, 0.1) is 16.6 Å². The van der Waals surface area contributed by atoms with Crippen molar-refractivity contribution < 1.29 is 4.39 Å². The van der Waals surface area contributed by atoms with Gasteiger partial charge in [-0.3, -0.25) is 0 Å². The lowest BCUT2D eigenvalue weighted by Gasteiger charge is -2.01. The SMILES string of the molecule is NC1(c2nc3ccc(F)cc3[nH]2)CC1. The summed E-state index contributed by atoms with van der Waals surface area (Å²) in [4.78, 5) is 7.40. The van der Waals surface area contributed by atoms with Gasteiger partial charge in [-0.1, -0.05) is 0 Å². The first-order valence-electron chi connectivity index (χ1n) is 4.62. The van der Waals surface area contributed by atoms with E-state index in [-0.39, 0.29) is 11.4 Å². The van der Waals surface area contributed by atoms with Crippen molar-refractivity contribution in [2.24, 2.45) is 5.73 Å². The summed E-state index contributed by atoms with van der Waals surface area (Å²) in [5.74, 6) is 0.521. The number of rotatable bonds is 1. The first-order chi connectivity index (χ1) is 6.67. The second-order valence-electron chi connectivity index (χ2n) is 3.90. The molecule has 2 aromatic rings. The summed E-state index contributed by atoms with van der Waals surface area (Å²) in [6.07, 6.45) is 1.91. The molecule has 3 rings (SSSR count). The maximum absolute atomic E-state index is 12.9. The summed E-state index contributed by atoms with van der Waals surface area (Å²) in [6, 6.07) is 4.51. The molecule has 0 aliphatic heterocycles. The molecule has 0 radical (unpaired) electrons. The summed E-state index contributed by atoms with van der Waals surface area (Å²) in [7, 11) is 0. The van der Waals surface area contributed by atoms with Crippen LogP contribution in [0.25, 0.3) is 11.0 Å². The molecule has 0 unspecified atom stereocenters. The van der Waals surface area contributed by atoms with Gasteiger partial charge in [-0.2, -0.15) is 0 Å². The van der Waals surface area contributed by atoms with Crippen molar-refractivity contribution in [1.82, 2.24) is 9.97 Å². The van der Waals surface area contributed by atoms with E-state index in [9.17, 15) is 4.39 Å². The van der Waals surface area contributed by atoms with Crippen LogP contribution >= 0.6 is 0 Å². The molecule has 1 aliphatic rings. The highest BCUT2D eigenvalue weighted by molar-refractivity contribution is 5.75. The molecule has 0 bridgehead atoms. The third-order valence-corrected chi connectivity index (χ3v) is 2.70. The third-order valence-electron chi connectivity index (χ3n) is 2.70. The molecule has 1 aromatic heterocycles. The van der Waals surface area contributed by atoms with E-state index in [1.165, 1.54) is 12.1 Å². The van der Waals surface area contributed by atoms with Crippen LogP contribution in [0, 0.1) is 5.82 Å². The molecule has 0 saturated heterocycles. The van der Waals surface area contributed by atoms with Gasteiger partial charge in [0.1, 0.15) is 11.6 Å². The summed E-state index contributed by atoms with van der Waals surface area (Å²) in [5.41, 5.74) is 7.20. The van der Waals surface area contributed by atoms with Crippen LogP contribution in [0.2, 0.25) is 0 Å². The van der Waals surface area contributed by atoms with Gasteiger partial charge in [-0.15, -0.1) is 0 Å². The first kappa shape index (κ1) is 7.94. The molecule has 14 heavy (non-hydrogen) atoms. The van der Waals surface area contributed by atoms with Gasteiger partial charge in [-0.25, -0.2) is 9.37 Å². The topological polar surface area (TPSA) is 54.7 Å². The van der Waals surface area contributed by atoms with E-state index in [0.717, 1.165) is 29.7 Å². The molecule has 3 nitrogen and oxygen atoms in total. The number of hydrogen-bond acceptors (Lipinski definition) is 2. The fraction of sp³-hybridized carbons (Fsp3) is 0.300. The lowest BCUT2D eigenvalue weighted by molar-refractivity contribution is 0.629. The van der Waals surface area contributed by atoms with E-state index in [2.05, 4.69) is 9.97 Å². The molecular weight excluding hydrogens is 181 g/mol. The quantitative estimate of drug-likeness (QED) is 0.720. The van der Waals surface area contributed by atoms with Crippen molar-refractivity contribution in [3.05, 3.63) is 29.8 Å². The number of aromatic nitrogens is 2. The largest absolute Gasteiger partial charge is 0.340 e. The highest BCUT2D eigenvalue weighted by Gasteiger charge is 2.42. The summed E-state index contributed by atoms with van der Waals surface area (Å²) in [5, 5.41) is 0. The van der Waals surface area contributed by atoms with Crippen LogP contribution in [-0.4, -0.2) is 9.97 Å². The van der Waals surface area contributed by atoms with Crippen molar-refractivity contribution in [3.63, 3.8) is 0 Å². The molecule has 3 N–H and O–H groups in total. The average Bonchev–Trinajstić information content (AvgIpc) is 2.77. The number of imidazole rings is 1. The second kappa shape index (κ2) is 2.33. The van der Waals surface area contributed by atoms with E-state index in [0.29, 0.717) is 0 Å². The van der Waals surface area contributed by atoms with E-state index in [4.69, 9.17) is 5.73 Å². The van der Waals surface area contributed by atoms with Gasteiger partial charge in [-0.05, 0) is 31.0 Å². The zero-order chi connectivity index (χ0) is 9.76. The summed E-state index contributed by atoms with van der Waals surface area (Å²) >= 11 is 0. The van der Waals surface area contributed by atoms with Gasteiger partial charge in [0.25, 0.3) is 0 Å². The molecule has 1 aromatic carbocycles. The molecule has 0 atom stereocenters. The summed E-state index contributed by atoms with van der Waals surface area (Å²) < 4.78 is 12.9. The van der Waals surface area contributed by atoms with Crippen LogP contribution in [0.3, 0.4) is 0 Å². The number of hydrogen-bond donors (Lipinski definition) is 2. The standard InChI is InChI=1S/C10H10FN3/c11-6-1-2-7-8(5-6)14-9(13-7)10(12)3-4-10/h1-2,5H,3-4,12H2,(H,13,14). The fourth-order valence-corrected chi connectivity index (χ4v) is 1.59. The number of nitrogens with one attached hydrogen (secondary N) is 1. The summed E-state index contributed by atoms with van der Waals surface area (Å²) in [6.45, 7) is 0. The number of nitrogens with zero attached hydrogens (tertiary/aromatic N) is 1. The number of fused-ring (bicyclic) bond motifs is 1. The number of benzene rings is 1. The Morgan fingerprint density at radius 1 is 1.43 bits per heavy atom. The van der Waals surface area contributed by atoms with E-state index < -0.39 is 0 Å². The number of H-pyrrole nitrogens is 1. The van der Waals surface area contributed by atoms with Crippen LogP contribution in [0.4, 0.5) is 4.39 Å². The lowest BCUT2D eigenvalue weighted by Crippen LogP contribution is -2.20. The molecule has 0 spiro atoms. The smallest absolute Gasteiger partial charge is 0.127 e. The third kappa shape index (κ3) is 1.04. The zero-order valence-corrected chi connectivity index (χ0v) is 7.55. The Labute approximate surface area is 80.1 Å². The van der Waals surface area contributed by atoms with Crippen molar-refractivity contribution in [3.8, 4) is 0 Å². The Balaban J connectivity index is 2.20. The highest BCUT2D eigenvalue weighted by Crippen LogP contribution is 2.41. The Morgan fingerprint density at radius 2 is 2.21 bits per heavy atom. The predicted molar refractivity (Wildman–Crippen MR) is 51.2 cm³/mol. The van der Waals surface area contributed by atoms with Crippen LogP contribution in [-0.2, 0) is 5.54 Å². The van der Waals surface area contributed by atoms with Gasteiger partial charge in [0.15, 0.2) is 0 Å². The average molecular weight is 191 g/mol. The van der Waals surface area contributed by atoms with Crippen LogP contribution in [0.5, 0.6) is 0 Å². The maximum atomic E-state index is 12.9. The van der Waals surface area contributed by atoms with E-state index in [1.54, 1.807) is 6.07 Å². The minimum Gasteiger partial charge on any atom is -0.340 e. The van der Waals surface area contributed by atoms with Crippen LogP contribution in [0.1, 0.15) is 18.7 Å². The van der Waals surface area contributed by atoms with E-state index >= 15 is 0 Å². The maximum Gasteiger partial charge on any atom is 0.127 e. The molecule has 1 heterocycles. The normalized spacial score (nSPS) is 18.7. The predicted octanol–water partition coefficient (Wildman–Crippen LogP) is 1.65. The minimum absolute atomic E-state index is 0.255. The number of halogens is 1. The monoisotopic (exact) mass is 191 g/mol. The van der Waals surface area contributed by atoms with Gasteiger partial charge in [0.2, 0.25) is 0 Å². The molecule has 72 valence electrons. The Kier molecular flexibility index (Phi) is 1.32. The van der Waals surface area contributed by atoms with Crippen molar-refractivity contribution in [2.45, 2.75) is 18.4 Å². The molecule has 1 saturated carbocycles. The number of aromatic amines is 1. The highest BCUT2D eigenvalue weighted by atomic mass is 19.1. The molecule has 1 aliphatic carbocycles. The number of nitrogens with two attached hydrogens (primary N) is 1. The molecule has 1 fully saturated rings. The van der Waals surface area contributed by atoms with Gasteiger partial charge >= 0.3 is 0 Å². The minimum atomic E-state index is -0.282. The van der Waals surface area contributed by atoms with Crippen molar-refractivity contribution in [1.29, 1.82) is 0 Å². The van der Waals surface area contributed by atoms with Crippen LogP contribution in [0.15, 0.2) is 18.2 Å². The van der Waals surface area contributed by atoms with Crippen LogP contribution < -0.4 is 5.73 Å². The van der Waals surface area contributed by atoms with Crippen molar-refractivity contribution >= 4 is 11.0 Å². The van der Waals surface area contributed by atoms with Crippen molar-refractivity contribution in [2.75, 3.05) is 0 Å². The second-order valence-corrected chi connectivity index (χ2v) is 3.90. The molecular formula is C10H10FN3. The Morgan fingerprint density at radius 3 is 2.93 bits per heavy atom. The van der Waals surface area contributed by atoms with Gasteiger partial charge < -0.3 is 10.7 Å².